The lowest BCUT2D eigenvalue weighted by atomic mass is 10.1. The molecule has 6 heteroatoms. The Labute approximate surface area is 136 Å². The van der Waals surface area contributed by atoms with Gasteiger partial charge in [0.05, 0.1) is 10.9 Å². The Morgan fingerprint density at radius 3 is 2.39 bits per heavy atom. The summed E-state index contributed by atoms with van der Waals surface area (Å²) in [7, 11) is -3.76. The number of hydrogen-bond donors (Lipinski definition) is 2. The van der Waals surface area contributed by atoms with Crippen molar-refractivity contribution in [1.82, 2.24) is 5.32 Å². The maximum Gasteiger partial charge on any atom is 0.251 e. The molecule has 0 fully saturated rings. The zero-order valence-electron chi connectivity index (χ0n) is 13.1. The van der Waals surface area contributed by atoms with Gasteiger partial charge >= 0.3 is 0 Å². The van der Waals surface area contributed by atoms with Crippen LogP contribution in [0.4, 0.5) is 0 Å². The third kappa shape index (κ3) is 4.40. The average Bonchev–Trinajstić information content (AvgIpc) is 2.54. The van der Waals surface area contributed by atoms with Crippen LogP contribution < -0.4 is 10.5 Å². The van der Waals surface area contributed by atoms with E-state index in [4.69, 9.17) is 5.14 Å². The van der Waals surface area contributed by atoms with Gasteiger partial charge in [-0.3, -0.25) is 4.79 Å². The van der Waals surface area contributed by atoms with Crippen LogP contribution in [-0.4, -0.2) is 14.3 Å². The molecular weight excluding hydrogens is 312 g/mol. The Morgan fingerprint density at radius 2 is 1.83 bits per heavy atom. The SMILES string of the molecule is CCc1ccc(C(=O)NC(C)c2cccc(S(N)(=O)=O)c2)cc1. The summed E-state index contributed by atoms with van der Waals surface area (Å²) in [5, 5.41) is 7.98. The molecule has 0 saturated carbocycles. The maximum atomic E-state index is 12.3. The molecule has 0 saturated heterocycles. The van der Waals surface area contributed by atoms with Gasteiger partial charge in [-0.15, -0.1) is 0 Å². The molecule has 2 rings (SSSR count). The van der Waals surface area contributed by atoms with Crippen LogP contribution in [0.2, 0.25) is 0 Å². The smallest absolute Gasteiger partial charge is 0.251 e. The highest BCUT2D eigenvalue weighted by atomic mass is 32.2. The fourth-order valence-corrected chi connectivity index (χ4v) is 2.78. The second-order valence-electron chi connectivity index (χ2n) is 5.36. The third-order valence-electron chi connectivity index (χ3n) is 3.66. The first-order valence-electron chi connectivity index (χ1n) is 7.34. The maximum absolute atomic E-state index is 12.3. The molecule has 0 heterocycles. The van der Waals surface area contributed by atoms with E-state index in [1.165, 1.54) is 12.1 Å². The van der Waals surface area contributed by atoms with E-state index in [2.05, 4.69) is 12.2 Å². The van der Waals surface area contributed by atoms with Crippen LogP contribution in [0.3, 0.4) is 0 Å². The van der Waals surface area contributed by atoms with Gasteiger partial charge in [0.15, 0.2) is 0 Å². The van der Waals surface area contributed by atoms with E-state index in [0.29, 0.717) is 11.1 Å². The number of nitrogens with two attached hydrogens (primary N) is 1. The van der Waals surface area contributed by atoms with Gasteiger partial charge in [-0.05, 0) is 48.7 Å². The molecule has 0 aliphatic carbocycles. The fraction of sp³-hybridized carbons (Fsp3) is 0.235. The average molecular weight is 332 g/mol. The van der Waals surface area contributed by atoms with Gasteiger partial charge in [-0.1, -0.05) is 31.2 Å². The number of rotatable bonds is 5. The van der Waals surface area contributed by atoms with Crippen LogP contribution in [0.5, 0.6) is 0 Å². The Hall–Kier alpha value is -2.18. The van der Waals surface area contributed by atoms with Crippen LogP contribution in [0.15, 0.2) is 53.4 Å². The standard InChI is InChI=1S/C17H20N2O3S/c1-3-13-7-9-14(10-8-13)17(20)19-12(2)15-5-4-6-16(11-15)23(18,21)22/h4-12H,3H2,1-2H3,(H,19,20)(H2,18,21,22). The van der Waals surface area contributed by atoms with Crippen molar-refractivity contribution in [1.29, 1.82) is 0 Å². The lowest BCUT2D eigenvalue weighted by molar-refractivity contribution is 0.0940. The van der Waals surface area contributed by atoms with Gasteiger partial charge in [0.2, 0.25) is 10.0 Å². The summed E-state index contributed by atoms with van der Waals surface area (Å²) in [6.07, 6.45) is 0.915. The number of primary sulfonamides is 1. The molecule has 0 bridgehead atoms. The summed E-state index contributed by atoms with van der Waals surface area (Å²) in [4.78, 5) is 12.3. The first-order valence-corrected chi connectivity index (χ1v) is 8.88. The van der Waals surface area contributed by atoms with Crippen LogP contribution in [-0.2, 0) is 16.4 Å². The molecule has 5 nitrogen and oxygen atoms in total. The summed E-state index contributed by atoms with van der Waals surface area (Å²) in [5.74, 6) is -0.207. The van der Waals surface area contributed by atoms with Crippen LogP contribution in [0.25, 0.3) is 0 Å². The molecule has 2 aromatic rings. The molecule has 23 heavy (non-hydrogen) atoms. The van der Waals surface area contributed by atoms with E-state index in [1.807, 2.05) is 12.1 Å². The van der Waals surface area contributed by atoms with Crippen molar-refractivity contribution in [3.8, 4) is 0 Å². The normalized spacial score (nSPS) is 12.7. The largest absolute Gasteiger partial charge is 0.346 e. The van der Waals surface area contributed by atoms with Crippen molar-refractivity contribution in [2.24, 2.45) is 5.14 Å². The fourth-order valence-electron chi connectivity index (χ4n) is 2.22. The van der Waals surface area contributed by atoms with Crippen LogP contribution >= 0.6 is 0 Å². The molecule has 3 N–H and O–H groups in total. The molecular formula is C17H20N2O3S. The third-order valence-corrected chi connectivity index (χ3v) is 4.57. The van der Waals surface area contributed by atoms with E-state index < -0.39 is 10.0 Å². The predicted molar refractivity (Wildman–Crippen MR) is 89.5 cm³/mol. The summed E-state index contributed by atoms with van der Waals surface area (Å²) >= 11 is 0. The van der Waals surface area contributed by atoms with Gasteiger partial charge in [0, 0.05) is 5.56 Å². The first kappa shape index (κ1) is 17.2. The molecule has 0 radical (unpaired) electrons. The number of amides is 1. The molecule has 2 aromatic carbocycles. The minimum atomic E-state index is -3.76. The first-order chi connectivity index (χ1) is 10.8. The molecule has 1 amide bonds. The summed E-state index contributed by atoms with van der Waals surface area (Å²) < 4.78 is 22.8. The van der Waals surface area contributed by atoms with Gasteiger partial charge in [-0.2, -0.15) is 0 Å². The van der Waals surface area contributed by atoms with Crippen molar-refractivity contribution < 1.29 is 13.2 Å². The van der Waals surface area contributed by atoms with E-state index >= 15 is 0 Å². The second-order valence-corrected chi connectivity index (χ2v) is 6.92. The zero-order valence-corrected chi connectivity index (χ0v) is 13.9. The van der Waals surface area contributed by atoms with Gasteiger partial charge < -0.3 is 5.32 Å². The Balaban J connectivity index is 2.14. The van der Waals surface area contributed by atoms with Crippen molar-refractivity contribution in [2.75, 3.05) is 0 Å². The zero-order chi connectivity index (χ0) is 17.0. The summed E-state index contributed by atoms with van der Waals surface area (Å²) in [5.41, 5.74) is 2.40. The van der Waals surface area contributed by atoms with Crippen molar-refractivity contribution in [2.45, 2.75) is 31.2 Å². The highest BCUT2D eigenvalue weighted by molar-refractivity contribution is 7.89. The quantitative estimate of drug-likeness (QED) is 0.881. The lowest BCUT2D eigenvalue weighted by Gasteiger charge is -2.15. The lowest BCUT2D eigenvalue weighted by Crippen LogP contribution is -2.26. The molecule has 1 atom stereocenters. The number of carbonyl (C=O) groups is 1. The molecule has 0 aromatic heterocycles. The van der Waals surface area contributed by atoms with Crippen molar-refractivity contribution in [3.05, 3.63) is 65.2 Å². The van der Waals surface area contributed by atoms with E-state index in [-0.39, 0.29) is 16.8 Å². The predicted octanol–water partition coefficient (Wildman–Crippen LogP) is 2.39. The Bertz CT molecular complexity index is 799. The number of benzene rings is 2. The summed E-state index contributed by atoms with van der Waals surface area (Å²) in [6.45, 7) is 3.84. The number of nitrogens with one attached hydrogen (secondary N) is 1. The number of aryl methyl sites for hydroxylation is 1. The molecule has 122 valence electrons. The van der Waals surface area contributed by atoms with Gasteiger partial charge in [0.25, 0.3) is 5.91 Å². The van der Waals surface area contributed by atoms with Crippen molar-refractivity contribution in [3.63, 3.8) is 0 Å². The van der Waals surface area contributed by atoms with Crippen molar-refractivity contribution >= 4 is 15.9 Å². The van der Waals surface area contributed by atoms with Crippen LogP contribution in [0, 0.1) is 0 Å². The topological polar surface area (TPSA) is 89.3 Å². The second kappa shape index (κ2) is 6.93. The number of hydrogen-bond acceptors (Lipinski definition) is 3. The Morgan fingerprint density at radius 1 is 1.17 bits per heavy atom. The minimum Gasteiger partial charge on any atom is -0.346 e. The number of sulfonamides is 1. The van der Waals surface area contributed by atoms with Crippen LogP contribution in [0.1, 0.15) is 41.4 Å². The van der Waals surface area contributed by atoms with E-state index in [9.17, 15) is 13.2 Å². The minimum absolute atomic E-state index is 0.0309. The van der Waals surface area contributed by atoms with Gasteiger partial charge in [0.1, 0.15) is 0 Å². The Kier molecular flexibility index (Phi) is 5.18. The number of carbonyl (C=O) groups excluding carboxylic acids is 1. The molecule has 0 aliphatic rings. The highest BCUT2D eigenvalue weighted by Gasteiger charge is 2.14. The molecule has 0 spiro atoms. The molecule has 0 aliphatic heterocycles. The molecule has 1 unspecified atom stereocenters. The van der Waals surface area contributed by atoms with E-state index in [1.54, 1.807) is 31.2 Å². The van der Waals surface area contributed by atoms with E-state index in [0.717, 1.165) is 12.0 Å². The summed E-state index contributed by atoms with van der Waals surface area (Å²) in [6, 6.07) is 13.3. The van der Waals surface area contributed by atoms with Gasteiger partial charge in [-0.25, -0.2) is 13.6 Å². The highest BCUT2D eigenvalue weighted by Crippen LogP contribution is 2.17. The monoisotopic (exact) mass is 332 g/mol.